The van der Waals surface area contributed by atoms with Gasteiger partial charge in [-0.3, -0.25) is 14.5 Å². The first-order valence-electron chi connectivity index (χ1n) is 10.1. The van der Waals surface area contributed by atoms with Gasteiger partial charge in [0.25, 0.3) is 0 Å². The number of anilines is 1. The van der Waals surface area contributed by atoms with Gasteiger partial charge in [-0.1, -0.05) is 19.3 Å². The highest BCUT2D eigenvalue weighted by atomic mass is 32.1. The van der Waals surface area contributed by atoms with E-state index < -0.39 is 24.0 Å². The van der Waals surface area contributed by atoms with E-state index in [9.17, 15) is 22.8 Å². The first-order valence-corrected chi connectivity index (χ1v) is 11.0. The van der Waals surface area contributed by atoms with Gasteiger partial charge in [-0.25, -0.2) is 0 Å². The Kier molecular flexibility index (Phi) is 7.25. The maximum Gasteiger partial charge on any atom is 0.471 e. The number of nitrogens with zero attached hydrogens (tertiary/aromatic N) is 1. The van der Waals surface area contributed by atoms with Gasteiger partial charge in [-0.2, -0.15) is 13.2 Å². The van der Waals surface area contributed by atoms with E-state index in [0.717, 1.165) is 43.4 Å². The van der Waals surface area contributed by atoms with Crippen LogP contribution in [0.15, 0.2) is 35.7 Å². The van der Waals surface area contributed by atoms with Gasteiger partial charge in [0.05, 0.1) is 7.11 Å². The minimum absolute atomic E-state index is 0.0280. The number of nitrogens with one attached hydrogen (secondary N) is 1. The predicted octanol–water partition coefficient (Wildman–Crippen LogP) is 5.15. The van der Waals surface area contributed by atoms with Gasteiger partial charge in [-0.05, 0) is 61.0 Å². The Morgan fingerprint density at radius 1 is 1.13 bits per heavy atom. The van der Waals surface area contributed by atoms with E-state index in [1.165, 1.54) is 31.4 Å². The van der Waals surface area contributed by atoms with Crippen LogP contribution in [0.3, 0.4) is 0 Å². The monoisotopic (exact) mass is 454 g/mol. The normalized spacial score (nSPS) is 15.9. The maximum absolute atomic E-state index is 13.6. The number of alkyl halides is 3. The van der Waals surface area contributed by atoms with Crippen molar-refractivity contribution < 1.29 is 27.5 Å². The number of carbonyl (C=O) groups is 2. The van der Waals surface area contributed by atoms with Crippen LogP contribution < -0.4 is 15.0 Å². The van der Waals surface area contributed by atoms with Crippen LogP contribution in [0.2, 0.25) is 0 Å². The van der Waals surface area contributed by atoms with Crippen LogP contribution in [-0.4, -0.2) is 31.1 Å². The molecule has 1 N–H and O–H groups in total. The largest absolute Gasteiger partial charge is 0.497 e. The van der Waals surface area contributed by atoms with Gasteiger partial charge in [0.15, 0.2) is 6.04 Å². The molecule has 2 amide bonds. The Morgan fingerprint density at radius 3 is 2.29 bits per heavy atom. The molecule has 0 bridgehead atoms. The summed E-state index contributed by atoms with van der Waals surface area (Å²) in [7, 11) is 1.43. The number of ether oxygens (including phenoxy) is 1. The zero-order valence-corrected chi connectivity index (χ0v) is 18.2. The lowest BCUT2D eigenvalue weighted by Crippen LogP contribution is -2.50. The second-order valence-electron chi connectivity index (χ2n) is 7.58. The predicted molar refractivity (Wildman–Crippen MR) is 113 cm³/mol. The molecule has 0 radical (unpaired) electrons. The van der Waals surface area contributed by atoms with Crippen molar-refractivity contribution >= 4 is 28.8 Å². The number of hydrogen-bond acceptors (Lipinski definition) is 4. The number of rotatable bonds is 6. The molecule has 0 spiro atoms. The Bertz CT molecular complexity index is 905. The molecule has 1 aliphatic carbocycles. The molecule has 1 aliphatic rings. The number of benzene rings is 1. The zero-order valence-electron chi connectivity index (χ0n) is 17.4. The molecule has 1 fully saturated rings. The number of carbonyl (C=O) groups excluding carboxylic acids is 2. The van der Waals surface area contributed by atoms with Crippen molar-refractivity contribution in [2.75, 3.05) is 12.0 Å². The Labute approximate surface area is 183 Å². The zero-order chi connectivity index (χ0) is 22.6. The molecule has 3 rings (SSSR count). The fourth-order valence-electron chi connectivity index (χ4n) is 3.81. The Hall–Kier alpha value is -2.55. The van der Waals surface area contributed by atoms with Crippen LogP contribution in [0.4, 0.5) is 18.9 Å². The second-order valence-corrected chi connectivity index (χ2v) is 8.53. The molecule has 31 heavy (non-hydrogen) atoms. The lowest BCUT2D eigenvalue weighted by Gasteiger charge is -2.33. The lowest BCUT2D eigenvalue weighted by atomic mass is 9.95. The minimum atomic E-state index is -5.14. The van der Waals surface area contributed by atoms with E-state index in [0.29, 0.717) is 21.1 Å². The van der Waals surface area contributed by atoms with Gasteiger partial charge in [-0.15, -0.1) is 11.3 Å². The molecular formula is C22H25F3N2O3S. The van der Waals surface area contributed by atoms with E-state index in [1.54, 1.807) is 18.4 Å². The number of aryl methyl sites for hydroxylation is 1. The molecule has 0 saturated heterocycles. The van der Waals surface area contributed by atoms with E-state index in [1.807, 2.05) is 0 Å². The summed E-state index contributed by atoms with van der Waals surface area (Å²) < 4.78 is 45.9. The molecule has 5 nitrogen and oxygen atoms in total. The quantitative estimate of drug-likeness (QED) is 0.657. The minimum Gasteiger partial charge on any atom is -0.497 e. The number of amides is 2. The molecule has 1 atom stereocenters. The van der Waals surface area contributed by atoms with Gasteiger partial charge in [0.1, 0.15) is 5.75 Å². The first kappa shape index (κ1) is 23.1. The summed E-state index contributed by atoms with van der Waals surface area (Å²) in [6, 6.07) is 5.82. The number of methoxy groups -OCH3 is 1. The third-order valence-corrected chi connectivity index (χ3v) is 6.49. The molecule has 1 saturated carbocycles. The lowest BCUT2D eigenvalue weighted by molar-refractivity contribution is -0.171. The van der Waals surface area contributed by atoms with Crippen molar-refractivity contribution in [3.63, 3.8) is 0 Å². The molecule has 1 aromatic heterocycles. The number of hydrogen-bond donors (Lipinski definition) is 1. The molecule has 0 unspecified atom stereocenters. The third kappa shape index (κ3) is 5.39. The average Bonchev–Trinajstić information content (AvgIpc) is 3.17. The number of halogens is 3. The van der Waals surface area contributed by atoms with Gasteiger partial charge in [0.2, 0.25) is 5.91 Å². The van der Waals surface area contributed by atoms with Gasteiger partial charge < -0.3 is 10.1 Å². The topological polar surface area (TPSA) is 58.6 Å². The molecule has 168 valence electrons. The first-order chi connectivity index (χ1) is 14.7. The van der Waals surface area contributed by atoms with Crippen molar-refractivity contribution in [2.45, 2.75) is 57.3 Å². The van der Waals surface area contributed by atoms with Crippen LogP contribution in [0.5, 0.6) is 5.75 Å². The van der Waals surface area contributed by atoms with Crippen LogP contribution in [0.25, 0.3) is 0 Å². The van der Waals surface area contributed by atoms with Crippen LogP contribution in [0.1, 0.15) is 48.6 Å². The summed E-state index contributed by atoms with van der Waals surface area (Å²) in [6.07, 6.45) is -0.608. The highest BCUT2D eigenvalue weighted by Gasteiger charge is 2.48. The van der Waals surface area contributed by atoms with Crippen molar-refractivity contribution in [1.82, 2.24) is 5.32 Å². The fourth-order valence-corrected chi connectivity index (χ4v) is 4.82. The van der Waals surface area contributed by atoms with Crippen molar-refractivity contribution in [2.24, 2.45) is 0 Å². The molecule has 9 heteroatoms. The molecule has 1 aromatic carbocycles. The highest BCUT2D eigenvalue weighted by Crippen LogP contribution is 2.37. The van der Waals surface area contributed by atoms with Crippen molar-refractivity contribution in [3.05, 3.63) is 46.2 Å². The average molecular weight is 455 g/mol. The summed E-state index contributed by atoms with van der Waals surface area (Å²) in [4.78, 5) is 26.9. The van der Waals surface area contributed by atoms with Crippen LogP contribution in [-0.2, 0) is 9.59 Å². The number of thiophene rings is 1. The third-order valence-electron chi connectivity index (χ3n) is 5.42. The smallest absolute Gasteiger partial charge is 0.471 e. The van der Waals surface area contributed by atoms with Crippen molar-refractivity contribution in [3.8, 4) is 5.75 Å². The second kappa shape index (κ2) is 9.72. The van der Waals surface area contributed by atoms with E-state index in [-0.39, 0.29) is 11.7 Å². The van der Waals surface area contributed by atoms with Gasteiger partial charge in [0, 0.05) is 16.6 Å². The molecule has 0 aliphatic heterocycles. The molecule has 2 aromatic rings. The van der Waals surface area contributed by atoms with Crippen LogP contribution >= 0.6 is 11.3 Å². The SMILES string of the molecule is COc1ccc(N(C(=O)C(F)(F)F)[C@@H](C(=O)NC2CCCCC2)c2sccc2C)cc1. The highest BCUT2D eigenvalue weighted by molar-refractivity contribution is 7.10. The summed E-state index contributed by atoms with van der Waals surface area (Å²) in [5.74, 6) is -2.27. The summed E-state index contributed by atoms with van der Waals surface area (Å²) in [6.45, 7) is 1.72. The Balaban J connectivity index is 2.06. The summed E-state index contributed by atoms with van der Waals surface area (Å²) in [5.41, 5.74) is 0.627. The van der Waals surface area contributed by atoms with Gasteiger partial charge >= 0.3 is 12.1 Å². The maximum atomic E-state index is 13.6. The van der Waals surface area contributed by atoms with E-state index in [2.05, 4.69) is 5.32 Å². The Morgan fingerprint density at radius 2 is 1.77 bits per heavy atom. The molecule has 1 heterocycles. The summed E-state index contributed by atoms with van der Waals surface area (Å²) in [5, 5.41) is 4.60. The van der Waals surface area contributed by atoms with Crippen molar-refractivity contribution in [1.29, 1.82) is 0 Å². The van der Waals surface area contributed by atoms with E-state index >= 15 is 0 Å². The fraction of sp³-hybridized carbons (Fsp3) is 0.455. The van der Waals surface area contributed by atoms with Crippen LogP contribution in [0, 0.1) is 6.92 Å². The molecular weight excluding hydrogens is 429 g/mol. The van der Waals surface area contributed by atoms with E-state index in [4.69, 9.17) is 4.74 Å². The standard InChI is InChI=1S/C22H25F3N2O3S/c1-14-12-13-31-19(14)18(20(28)26-15-6-4-3-5-7-15)27(21(29)22(23,24)25)16-8-10-17(30-2)11-9-16/h8-13,15,18H,3-7H2,1-2H3,(H,26,28)/t18-/m1/s1. The summed E-state index contributed by atoms with van der Waals surface area (Å²) >= 11 is 1.16.